The molecule has 3 heterocycles. The number of nitrogens with two attached hydrogens (primary N) is 1. The highest BCUT2D eigenvalue weighted by molar-refractivity contribution is 6.31. The number of nitrogen functional groups attached to an aromatic ring is 1. The molecule has 0 bridgehead atoms. The van der Waals surface area contributed by atoms with Gasteiger partial charge in [-0.2, -0.15) is 15.0 Å². The molecule has 1 amide bonds. The number of nitrogens with one attached hydrogen (secondary N) is 1. The molecule has 0 atom stereocenters. The second kappa shape index (κ2) is 7.41. The molecule has 0 spiro atoms. The van der Waals surface area contributed by atoms with Crippen molar-refractivity contribution in [2.24, 2.45) is 5.92 Å². The van der Waals surface area contributed by atoms with Crippen molar-refractivity contribution in [3.05, 3.63) is 34.8 Å². The Morgan fingerprint density at radius 1 is 1.17 bits per heavy atom. The summed E-state index contributed by atoms with van der Waals surface area (Å²) >= 11 is 11.9. The summed E-state index contributed by atoms with van der Waals surface area (Å²) in [5.41, 5.74) is 8.22. The number of carbonyl (C=O) groups excluding carboxylic acids is 1. The van der Waals surface area contributed by atoms with Crippen molar-refractivity contribution < 1.29 is 9.21 Å². The van der Waals surface area contributed by atoms with Gasteiger partial charge in [-0.25, -0.2) is 4.98 Å². The van der Waals surface area contributed by atoms with Gasteiger partial charge in [0.2, 0.25) is 11.2 Å². The highest BCUT2D eigenvalue weighted by atomic mass is 35.5. The average Bonchev–Trinajstić information content (AvgIpc) is 3.31. The molecular weight excluding hydrogens is 429 g/mol. The molecule has 11 heteroatoms. The predicted octanol–water partition coefficient (Wildman–Crippen LogP) is 4.23. The van der Waals surface area contributed by atoms with E-state index in [2.05, 4.69) is 25.3 Å². The Morgan fingerprint density at radius 2 is 1.97 bits per heavy atom. The van der Waals surface area contributed by atoms with E-state index in [-0.39, 0.29) is 35.0 Å². The van der Waals surface area contributed by atoms with E-state index in [0.29, 0.717) is 27.3 Å². The van der Waals surface area contributed by atoms with Crippen LogP contribution in [0.4, 0.5) is 11.8 Å². The monoisotopic (exact) mass is 445 g/mol. The third kappa shape index (κ3) is 3.44. The maximum atomic E-state index is 12.7. The molecule has 0 aliphatic heterocycles. The van der Waals surface area contributed by atoms with Crippen LogP contribution in [0.15, 0.2) is 28.9 Å². The molecule has 1 saturated carbocycles. The summed E-state index contributed by atoms with van der Waals surface area (Å²) in [4.78, 5) is 29.5. The maximum absolute atomic E-state index is 12.7. The number of nitrogens with zero attached hydrogens (tertiary/aromatic N) is 5. The van der Waals surface area contributed by atoms with E-state index in [1.54, 1.807) is 24.5 Å². The van der Waals surface area contributed by atoms with Gasteiger partial charge in [0.05, 0.1) is 6.33 Å². The fourth-order valence-electron chi connectivity index (χ4n) is 3.96. The highest BCUT2D eigenvalue weighted by Gasteiger charge is 2.29. The number of rotatable bonds is 3. The molecule has 0 unspecified atom stereocenters. The first-order valence-electron chi connectivity index (χ1n) is 9.50. The minimum Gasteiger partial charge on any atom is -0.423 e. The molecule has 3 N–H and O–H groups in total. The second-order valence-corrected chi connectivity index (χ2v) is 8.10. The number of anilines is 2. The quantitative estimate of drug-likeness (QED) is 0.451. The van der Waals surface area contributed by atoms with Crippen LogP contribution in [0, 0.1) is 5.92 Å². The molecule has 30 heavy (non-hydrogen) atoms. The summed E-state index contributed by atoms with van der Waals surface area (Å²) in [6.45, 7) is 0. The lowest BCUT2D eigenvalue weighted by Gasteiger charge is -2.28. The molecule has 154 valence electrons. The average molecular weight is 446 g/mol. The summed E-state index contributed by atoms with van der Waals surface area (Å²) in [6, 6.07) is 5.48. The Balaban J connectivity index is 1.27. The predicted molar refractivity (Wildman–Crippen MR) is 113 cm³/mol. The van der Waals surface area contributed by atoms with E-state index in [0.717, 1.165) is 25.7 Å². The van der Waals surface area contributed by atoms with Gasteiger partial charge in [0.25, 0.3) is 0 Å². The summed E-state index contributed by atoms with van der Waals surface area (Å²) < 4.78 is 7.55. The number of benzene rings is 1. The lowest BCUT2D eigenvalue weighted by Crippen LogP contribution is -2.28. The topological polar surface area (TPSA) is 125 Å². The van der Waals surface area contributed by atoms with Crippen LogP contribution in [0.25, 0.3) is 22.3 Å². The van der Waals surface area contributed by atoms with E-state index in [1.807, 2.05) is 4.57 Å². The normalized spacial score (nSPS) is 19.4. The van der Waals surface area contributed by atoms with Gasteiger partial charge in [0, 0.05) is 17.0 Å². The molecule has 0 saturated heterocycles. The lowest BCUT2D eigenvalue weighted by atomic mass is 9.85. The molecule has 1 fully saturated rings. The van der Waals surface area contributed by atoms with Gasteiger partial charge in [-0.05, 0) is 55.5 Å². The molecule has 0 radical (unpaired) electrons. The van der Waals surface area contributed by atoms with Crippen molar-refractivity contribution in [1.82, 2.24) is 24.5 Å². The molecular formula is C19H17Cl2N7O2. The van der Waals surface area contributed by atoms with Crippen molar-refractivity contribution in [2.75, 3.05) is 11.1 Å². The first-order chi connectivity index (χ1) is 14.5. The molecule has 3 aromatic heterocycles. The van der Waals surface area contributed by atoms with Crippen molar-refractivity contribution >= 4 is 63.2 Å². The van der Waals surface area contributed by atoms with Crippen LogP contribution in [-0.2, 0) is 4.79 Å². The minimum absolute atomic E-state index is 0.0921. The van der Waals surface area contributed by atoms with Crippen LogP contribution in [0.2, 0.25) is 10.3 Å². The van der Waals surface area contributed by atoms with Crippen LogP contribution in [-0.4, -0.2) is 30.4 Å². The zero-order valence-electron chi connectivity index (χ0n) is 15.7. The van der Waals surface area contributed by atoms with Gasteiger partial charge in [-0.3, -0.25) is 10.1 Å². The van der Waals surface area contributed by atoms with Crippen LogP contribution < -0.4 is 11.1 Å². The Hall–Kier alpha value is -2.91. The first kappa shape index (κ1) is 19.1. The number of imidazole rings is 1. The Labute approximate surface area is 180 Å². The highest BCUT2D eigenvalue weighted by Crippen LogP contribution is 2.35. The number of oxazole rings is 1. The number of hydrogen-bond acceptors (Lipinski definition) is 7. The summed E-state index contributed by atoms with van der Waals surface area (Å²) in [5, 5.41) is 3.44. The van der Waals surface area contributed by atoms with Gasteiger partial charge in [0.15, 0.2) is 17.0 Å². The Bertz CT molecular complexity index is 1260. The van der Waals surface area contributed by atoms with E-state index in [9.17, 15) is 4.79 Å². The third-order valence-corrected chi connectivity index (χ3v) is 5.87. The molecule has 9 nitrogen and oxygen atoms in total. The number of amides is 1. The van der Waals surface area contributed by atoms with Gasteiger partial charge < -0.3 is 14.7 Å². The maximum Gasteiger partial charge on any atom is 0.302 e. The second-order valence-electron chi connectivity index (χ2n) is 7.33. The first-order valence-corrected chi connectivity index (χ1v) is 10.3. The number of fused-ring (bicyclic) bond motifs is 2. The smallest absolute Gasteiger partial charge is 0.302 e. The molecule has 4 aromatic rings. The fourth-order valence-corrected chi connectivity index (χ4v) is 4.29. The summed E-state index contributed by atoms with van der Waals surface area (Å²) in [6.07, 6.45) is 4.75. The largest absolute Gasteiger partial charge is 0.423 e. The van der Waals surface area contributed by atoms with Gasteiger partial charge in [-0.15, -0.1) is 0 Å². The molecule has 5 rings (SSSR count). The minimum atomic E-state index is -0.127. The molecule has 1 aliphatic carbocycles. The van der Waals surface area contributed by atoms with Crippen molar-refractivity contribution in [1.29, 1.82) is 0 Å². The van der Waals surface area contributed by atoms with E-state index in [1.165, 1.54) is 0 Å². The number of halogens is 2. The fraction of sp³-hybridized carbons (Fsp3) is 0.316. The molecule has 1 aromatic carbocycles. The summed E-state index contributed by atoms with van der Waals surface area (Å²) in [7, 11) is 0. The van der Waals surface area contributed by atoms with Crippen LogP contribution >= 0.6 is 23.2 Å². The van der Waals surface area contributed by atoms with Crippen molar-refractivity contribution in [2.45, 2.75) is 31.7 Å². The van der Waals surface area contributed by atoms with E-state index < -0.39 is 0 Å². The van der Waals surface area contributed by atoms with E-state index >= 15 is 0 Å². The van der Waals surface area contributed by atoms with Crippen LogP contribution in [0.3, 0.4) is 0 Å². The zero-order chi connectivity index (χ0) is 20.8. The number of hydrogen-bond donors (Lipinski definition) is 2. The number of carbonyl (C=O) groups is 1. The number of aromatic nitrogens is 5. The van der Waals surface area contributed by atoms with Crippen molar-refractivity contribution in [3.8, 4) is 0 Å². The Kier molecular flexibility index (Phi) is 4.71. The van der Waals surface area contributed by atoms with Crippen molar-refractivity contribution in [3.63, 3.8) is 0 Å². The zero-order valence-corrected chi connectivity index (χ0v) is 17.2. The summed E-state index contributed by atoms with van der Waals surface area (Å²) in [5.74, 6) is 0.0329. The van der Waals surface area contributed by atoms with E-state index in [4.69, 9.17) is 33.4 Å². The van der Waals surface area contributed by atoms with Crippen LogP contribution in [0.5, 0.6) is 0 Å². The molecule has 1 aliphatic rings. The van der Waals surface area contributed by atoms with Gasteiger partial charge in [-0.1, -0.05) is 11.6 Å². The van der Waals surface area contributed by atoms with Gasteiger partial charge in [0.1, 0.15) is 11.0 Å². The standard InChI is InChI=1S/C19H17Cl2N7O2/c20-10-3-6-13-12(7-10)24-19(30-13)27-17(29)9-1-4-11(5-2-9)28-8-23-14-15(22)25-18(21)26-16(14)28/h3,6-9,11H,1-2,4-5H2,(H2,22,25,26)(H,24,27,29). The third-order valence-electron chi connectivity index (χ3n) is 5.46. The lowest BCUT2D eigenvalue weighted by molar-refractivity contribution is -0.121. The Morgan fingerprint density at radius 3 is 2.77 bits per heavy atom. The van der Waals surface area contributed by atoms with Crippen LogP contribution in [0.1, 0.15) is 31.7 Å². The van der Waals surface area contributed by atoms with Gasteiger partial charge >= 0.3 is 6.01 Å². The SMILES string of the molecule is Nc1nc(Cl)nc2c1ncn2C1CCC(C(=O)Nc2nc3cc(Cl)ccc3o2)CC1.